The lowest BCUT2D eigenvalue weighted by Crippen LogP contribution is -2.42. The van der Waals surface area contributed by atoms with E-state index in [1.807, 2.05) is 17.0 Å². The minimum absolute atomic E-state index is 0. The Hall–Kier alpha value is -0.970. The highest BCUT2D eigenvalue weighted by Crippen LogP contribution is 2.22. The minimum Gasteiger partial charge on any atom is -0.372 e. The molecule has 1 heterocycles. The zero-order chi connectivity index (χ0) is 16.8. The van der Waals surface area contributed by atoms with Crippen LogP contribution in [0.3, 0.4) is 0 Å². The molecule has 6 heteroatoms. The van der Waals surface area contributed by atoms with Gasteiger partial charge in [-0.1, -0.05) is 6.92 Å². The smallest absolute Gasteiger partial charge is 0.253 e. The summed E-state index contributed by atoms with van der Waals surface area (Å²) in [6.45, 7) is 10.1. The fourth-order valence-electron chi connectivity index (χ4n) is 3.37. The molecule has 1 aromatic rings. The van der Waals surface area contributed by atoms with Gasteiger partial charge in [-0.3, -0.25) is 4.79 Å². The molecule has 0 spiro atoms. The molecular weight excluding hydrogens is 357 g/mol. The average molecular weight is 390 g/mol. The number of nitrogens with two attached hydrogens (primary N) is 1. The van der Waals surface area contributed by atoms with Crippen molar-refractivity contribution in [2.45, 2.75) is 46.1 Å². The van der Waals surface area contributed by atoms with E-state index >= 15 is 0 Å². The third-order valence-corrected chi connectivity index (χ3v) is 4.93. The molecule has 2 N–H and O–H groups in total. The highest BCUT2D eigenvalue weighted by Gasteiger charge is 2.25. The molecule has 1 amide bonds. The van der Waals surface area contributed by atoms with Gasteiger partial charge < -0.3 is 15.5 Å². The van der Waals surface area contributed by atoms with E-state index < -0.39 is 0 Å². The monoisotopic (exact) mass is 389 g/mol. The largest absolute Gasteiger partial charge is 0.372 e. The maximum atomic E-state index is 12.6. The van der Waals surface area contributed by atoms with E-state index in [0.29, 0.717) is 5.92 Å². The van der Waals surface area contributed by atoms with E-state index in [9.17, 15) is 4.79 Å². The molecule has 1 atom stereocenters. The second kappa shape index (κ2) is 11.6. The van der Waals surface area contributed by atoms with Crippen molar-refractivity contribution in [1.82, 2.24) is 4.90 Å². The summed E-state index contributed by atoms with van der Waals surface area (Å²) in [6.07, 6.45) is 3.16. The molecule has 1 unspecified atom stereocenters. The van der Waals surface area contributed by atoms with E-state index in [1.54, 1.807) is 0 Å². The van der Waals surface area contributed by atoms with E-state index in [-0.39, 0.29) is 36.8 Å². The van der Waals surface area contributed by atoms with Crippen LogP contribution in [0.25, 0.3) is 0 Å². The number of carbonyl (C=O) groups is 1. The lowest BCUT2D eigenvalue weighted by Gasteiger charge is -2.33. The van der Waals surface area contributed by atoms with Gasteiger partial charge in [-0.15, -0.1) is 24.8 Å². The first-order valence-corrected chi connectivity index (χ1v) is 8.96. The van der Waals surface area contributed by atoms with Crippen LogP contribution in [0.15, 0.2) is 24.3 Å². The Morgan fingerprint density at radius 3 is 2.20 bits per heavy atom. The molecule has 1 aliphatic heterocycles. The molecule has 1 aromatic carbocycles. The Kier molecular flexibility index (Phi) is 11.2. The van der Waals surface area contributed by atoms with Gasteiger partial charge in [0.15, 0.2) is 0 Å². The summed E-state index contributed by atoms with van der Waals surface area (Å²) in [5, 5.41) is 0. The summed E-state index contributed by atoms with van der Waals surface area (Å²) in [4.78, 5) is 16.9. The number of rotatable bonds is 6. The predicted octanol–water partition coefficient (Wildman–Crippen LogP) is 3.97. The third kappa shape index (κ3) is 6.36. The van der Waals surface area contributed by atoms with Crippen LogP contribution in [0.2, 0.25) is 0 Å². The first kappa shape index (κ1) is 24.0. The summed E-state index contributed by atoms with van der Waals surface area (Å²) in [5.74, 6) is 0.701. The van der Waals surface area contributed by atoms with Gasteiger partial charge in [0.2, 0.25) is 0 Å². The Labute approximate surface area is 164 Å². The summed E-state index contributed by atoms with van der Waals surface area (Å²) in [6, 6.07) is 8.30. The predicted molar refractivity (Wildman–Crippen MR) is 111 cm³/mol. The fraction of sp³-hybridized carbons (Fsp3) is 0.632. The SMILES string of the molecule is CCCN(CC)c1ccc(C(=O)N2CCC(C(C)N)CC2)cc1.Cl.Cl. The number of hydrogen-bond donors (Lipinski definition) is 1. The molecule has 0 aromatic heterocycles. The molecule has 0 radical (unpaired) electrons. The van der Waals surface area contributed by atoms with Gasteiger partial charge in [-0.05, 0) is 63.3 Å². The Morgan fingerprint density at radius 2 is 1.76 bits per heavy atom. The summed E-state index contributed by atoms with van der Waals surface area (Å²) in [7, 11) is 0. The van der Waals surface area contributed by atoms with Crippen molar-refractivity contribution in [3.8, 4) is 0 Å². The number of piperidine rings is 1. The van der Waals surface area contributed by atoms with Crippen molar-refractivity contribution in [2.24, 2.45) is 11.7 Å². The molecule has 144 valence electrons. The van der Waals surface area contributed by atoms with Gasteiger partial charge in [0.25, 0.3) is 5.91 Å². The molecule has 0 saturated carbocycles. The van der Waals surface area contributed by atoms with Crippen LogP contribution in [0.1, 0.15) is 50.4 Å². The van der Waals surface area contributed by atoms with Gasteiger partial charge >= 0.3 is 0 Å². The Bertz CT molecular complexity index is 500. The minimum atomic E-state index is 0. The molecule has 0 bridgehead atoms. The van der Waals surface area contributed by atoms with Crippen molar-refractivity contribution < 1.29 is 4.79 Å². The zero-order valence-electron chi connectivity index (χ0n) is 15.6. The standard InChI is InChI=1S/C19H31N3O.2ClH/c1-4-12-21(5-2)18-8-6-17(7-9-18)19(23)22-13-10-16(11-14-22)15(3)20;;/h6-9,15-16H,4-5,10-14,20H2,1-3H3;2*1H. The third-order valence-electron chi connectivity index (χ3n) is 4.93. The molecule has 1 fully saturated rings. The molecule has 0 aliphatic carbocycles. The van der Waals surface area contributed by atoms with Gasteiger partial charge in [0.05, 0.1) is 0 Å². The Morgan fingerprint density at radius 1 is 1.20 bits per heavy atom. The van der Waals surface area contributed by atoms with Crippen molar-refractivity contribution in [2.75, 3.05) is 31.1 Å². The maximum absolute atomic E-state index is 12.6. The van der Waals surface area contributed by atoms with E-state index in [0.717, 1.165) is 51.0 Å². The molecule has 25 heavy (non-hydrogen) atoms. The number of nitrogens with zero attached hydrogens (tertiary/aromatic N) is 2. The van der Waals surface area contributed by atoms with Crippen LogP contribution in [-0.4, -0.2) is 43.0 Å². The number of carbonyl (C=O) groups excluding carboxylic acids is 1. The molecule has 1 saturated heterocycles. The average Bonchev–Trinajstić information content (AvgIpc) is 2.59. The molecular formula is C19H33Cl2N3O. The van der Waals surface area contributed by atoms with Crippen molar-refractivity contribution in [1.29, 1.82) is 0 Å². The maximum Gasteiger partial charge on any atom is 0.253 e. The first-order chi connectivity index (χ1) is 11.1. The highest BCUT2D eigenvalue weighted by molar-refractivity contribution is 5.94. The van der Waals surface area contributed by atoms with E-state index in [4.69, 9.17) is 5.73 Å². The number of likely N-dealkylation sites (tertiary alicyclic amines) is 1. The van der Waals surface area contributed by atoms with Crippen LogP contribution in [0.4, 0.5) is 5.69 Å². The first-order valence-electron chi connectivity index (χ1n) is 8.96. The van der Waals surface area contributed by atoms with Crippen LogP contribution in [0.5, 0.6) is 0 Å². The second-order valence-electron chi connectivity index (χ2n) is 6.62. The Balaban J connectivity index is 0.00000288. The van der Waals surface area contributed by atoms with Gasteiger partial charge in [0.1, 0.15) is 0 Å². The topological polar surface area (TPSA) is 49.6 Å². The highest BCUT2D eigenvalue weighted by atomic mass is 35.5. The van der Waals surface area contributed by atoms with Crippen molar-refractivity contribution >= 4 is 36.4 Å². The summed E-state index contributed by atoms with van der Waals surface area (Å²) in [5.41, 5.74) is 7.96. The van der Waals surface area contributed by atoms with Gasteiger partial charge in [0, 0.05) is 43.5 Å². The lowest BCUT2D eigenvalue weighted by atomic mass is 9.90. The number of anilines is 1. The molecule has 4 nitrogen and oxygen atoms in total. The van der Waals surface area contributed by atoms with Crippen LogP contribution in [0, 0.1) is 5.92 Å². The van der Waals surface area contributed by atoms with Crippen molar-refractivity contribution in [3.63, 3.8) is 0 Å². The number of benzene rings is 1. The summed E-state index contributed by atoms with van der Waals surface area (Å²) < 4.78 is 0. The van der Waals surface area contributed by atoms with Gasteiger partial charge in [-0.2, -0.15) is 0 Å². The quantitative estimate of drug-likeness (QED) is 0.800. The molecule has 2 rings (SSSR count). The van der Waals surface area contributed by atoms with Crippen LogP contribution < -0.4 is 10.6 Å². The molecule has 1 aliphatic rings. The van der Waals surface area contributed by atoms with E-state index in [2.05, 4.69) is 37.8 Å². The second-order valence-corrected chi connectivity index (χ2v) is 6.62. The normalized spacial score (nSPS) is 15.8. The number of hydrogen-bond acceptors (Lipinski definition) is 3. The van der Waals surface area contributed by atoms with Crippen LogP contribution >= 0.6 is 24.8 Å². The number of halogens is 2. The number of amides is 1. The fourth-order valence-corrected chi connectivity index (χ4v) is 3.37. The summed E-state index contributed by atoms with van der Waals surface area (Å²) >= 11 is 0. The zero-order valence-corrected chi connectivity index (χ0v) is 17.2. The van der Waals surface area contributed by atoms with Crippen molar-refractivity contribution in [3.05, 3.63) is 29.8 Å². The van der Waals surface area contributed by atoms with Gasteiger partial charge in [-0.25, -0.2) is 0 Å². The lowest BCUT2D eigenvalue weighted by molar-refractivity contribution is 0.0681. The van der Waals surface area contributed by atoms with Crippen LogP contribution in [-0.2, 0) is 0 Å². The van der Waals surface area contributed by atoms with E-state index in [1.165, 1.54) is 5.69 Å².